The summed E-state index contributed by atoms with van der Waals surface area (Å²) >= 11 is 0. The lowest BCUT2D eigenvalue weighted by Crippen LogP contribution is -2.13. The Hall–Kier alpha value is -1.38. The first-order valence-corrected chi connectivity index (χ1v) is 3.59. The number of primary amides is 1. The second-order valence-electron chi connectivity index (χ2n) is 2.78. The Balaban J connectivity index is 3.33. The molecule has 1 rings (SSSR count). The Labute approximate surface area is 70.2 Å². The zero-order valence-electron chi connectivity index (χ0n) is 7.02. The van der Waals surface area contributed by atoms with Crippen LogP contribution in [0.2, 0.25) is 0 Å². The molecule has 1 amide bonds. The van der Waals surface area contributed by atoms with Crippen molar-refractivity contribution in [2.24, 2.45) is 5.73 Å². The van der Waals surface area contributed by atoms with Gasteiger partial charge in [0.1, 0.15) is 5.82 Å². The molecule has 0 aliphatic rings. The summed E-state index contributed by atoms with van der Waals surface area (Å²) in [4.78, 5) is 10.7. The van der Waals surface area contributed by atoms with Crippen molar-refractivity contribution < 1.29 is 9.18 Å². The Morgan fingerprint density at radius 3 is 2.33 bits per heavy atom. The molecule has 3 heteroatoms. The first-order chi connectivity index (χ1) is 5.52. The fraction of sp³-hybridized carbons (Fsp3) is 0.222. The van der Waals surface area contributed by atoms with Gasteiger partial charge in [-0.2, -0.15) is 0 Å². The highest BCUT2D eigenvalue weighted by Gasteiger charge is 2.08. The van der Waals surface area contributed by atoms with Gasteiger partial charge in [0.15, 0.2) is 0 Å². The Morgan fingerprint density at radius 1 is 1.33 bits per heavy atom. The van der Waals surface area contributed by atoms with E-state index in [0.29, 0.717) is 0 Å². The van der Waals surface area contributed by atoms with Crippen LogP contribution in [0.1, 0.15) is 21.5 Å². The second-order valence-corrected chi connectivity index (χ2v) is 2.78. The first-order valence-electron chi connectivity index (χ1n) is 3.59. The summed E-state index contributed by atoms with van der Waals surface area (Å²) in [6.07, 6.45) is 0. The quantitative estimate of drug-likeness (QED) is 0.677. The normalized spacial score (nSPS) is 9.92. The molecule has 0 aliphatic carbocycles. The van der Waals surface area contributed by atoms with Crippen LogP contribution < -0.4 is 5.73 Å². The number of amides is 1. The predicted octanol–water partition coefficient (Wildman–Crippen LogP) is 1.54. The van der Waals surface area contributed by atoms with E-state index >= 15 is 0 Å². The van der Waals surface area contributed by atoms with E-state index < -0.39 is 11.7 Å². The van der Waals surface area contributed by atoms with Crippen LogP contribution in [-0.4, -0.2) is 5.91 Å². The third-order valence-electron chi connectivity index (χ3n) is 1.85. The van der Waals surface area contributed by atoms with Gasteiger partial charge in [-0.1, -0.05) is 0 Å². The van der Waals surface area contributed by atoms with Crippen molar-refractivity contribution in [3.8, 4) is 0 Å². The third-order valence-corrected chi connectivity index (χ3v) is 1.85. The summed E-state index contributed by atoms with van der Waals surface area (Å²) in [5.74, 6) is -1.28. The Kier molecular flexibility index (Phi) is 2.13. The fourth-order valence-corrected chi connectivity index (χ4v) is 0.970. The highest BCUT2D eigenvalue weighted by atomic mass is 19.1. The number of hydrogen-bond acceptors (Lipinski definition) is 1. The molecule has 0 atom stereocenters. The molecule has 0 saturated heterocycles. The molecule has 1 aromatic rings. The minimum Gasteiger partial charge on any atom is -0.366 e. The van der Waals surface area contributed by atoms with Gasteiger partial charge < -0.3 is 5.73 Å². The van der Waals surface area contributed by atoms with Crippen LogP contribution in [0.15, 0.2) is 12.1 Å². The summed E-state index contributed by atoms with van der Waals surface area (Å²) in [5, 5.41) is 0. The van der Waals surface area contributed by atoms with Gasteiger partial charge in [0.2, 0.25) is 0 Å². The molecule has 0 fully saturated rings. The first kappa shape index (κ1) is 8.71. The molecule has 0 heterocycles. The summed E-state index contributed by atoms with van der Waals surface area (Å²) in [7, 11) is 0. The van der Waals surface area contributed by atoms with Crippen LogP contribution in [0.25, 0.3) is 0 Å². The van der Waals surface area contributed by atoms with E-state index in [9.17, 15) is 9.18 Å². The number of carbonyl (C=O) groups is 1. The number of benzene rings is 1. The highest BCUT2D eigenvalue weighted by molar-refractivity contribution is 5.93. The molecule has 64 valence electrons. The maximum Gasteiger partial charge on any atom is 0.251 e. The second kappa shape index (κ2) is 2.93. The minimum absolute atomic E-state index is 0.0434. The number of aryl methyl sites for hydroxylation is 2. The fourth-order valence-electron chi connectivity index (χ4n) is 0.970. The van der Waals surface area contributed by atoms with Crippen molar-refractivity contribution >= 4 is 5.91 Å². The van der Waals surface area contributed by atoms with E-state index in [4.69, 9.17) is 5.73 Å². The van der Waals surface area contributed by atoms with E-state index in [0.717, 1.165) is 11.1 Å². The maximum atomic E-state index is 13.0. The topological polar surface area (TPSA) is 43.1 Å². The van der Waals surface area contributed by atoms with E-state index in [2.05, 4.69) is 0 Å². The van der Waals surface area contributed by atoms with Crippen LogP contribution in [0.3, 0.4) is 0 Å². The lowest BCUT2D eigenvalue weighted by atomic mass is 10.1. The molecule has 0 aliphatic heterocycles. The molecule has 12 heavy (non-hydrogen) atoms. The number of halogens is 1. The molecule has 0 aromatic heterocycles. The van der Waals surface area contributed by atoms with Crippen LogP contribution in [0.4, 0.5) is 4.39 Å². The van der Waals surface area contributed by atoms with E-state index in [1.165, 1.54) is 12.1 Å². The van der Waals surface area contributed by atoms with Crippen molar-refractivity contribution in [1.82, 2.24) is 0 Å². The maximum absolute atomic E-state index is 13.0. The van der Waals surface area contributed by atoms with Crippen LogP contribution in [0.5, 0.6) is 0 Å². The Morgan fingerprint density at radius 2 is 1.83 bits per heavy atom. The molecule has 0 bridgehead atoms. The molecular weight excluding hydrogens is 157 g/mol. The van der Waals surface area contributed by atoms with Crippen LogP contribution >= 0.6 is 0 Å². The largest absolute Gasteiger partial charge is 0.366 e. The van der Waals surface area contributed by atoms with Crippen molar-refractivity contribution in [2.75, 3.05) is 0 Å². The van der Waals surface area contributed by atoms with Gasteiger partial charge in [-0.3, -0.25) is 4.79 Å². The summed E-state index contributed by atoms with van der Waals surface area (Å²) in [6, 6.07) is 2.78. The lowest BCUT2D eigenvalue weighted by molar-refractivity contribution is 0.0996. The number of nitrogens with two attached hydrogens (primary N) is 1. The lowest BCUT2D eigenvalue weighted by Gasteiger charge is -2.03. The van der Waals surface area contributed by atoms with Gasteiger partial charge in [-0.15, -0.1) is 0 Å². The highest BCUT2D eigenvalue weighted by Crippen LogP contribution is 2.13. The van der Waals surface area contributed by atoms with Gasteiger partial charge in [-0.05, 0) is 37.1 Å². The van der Waals surface area contributed by atoms with Crippen molar-refractivity contribution in [3.05, 3.63) is 34.6 Å². The van der Waals surface area contributed by atoms with Crippen molar-refractivity contribution in [3.63, 3.8) is 0 Å². The zero-order chi connectivity index (χ0) is 9.30. The molecule has 0 spiro atoms. The molecule has 2 nitrogen and oxygen atoms in total. The van der Waals surface area contributed by atoms with Gasteiger partial charge in [0.05, 0.1) is 5.56 Å². The average Bonchev–Trinajstić information content (AvgIpc) is 1.96. The SMILES string of the molecule is Cc1cc(F)c(C(N)=O)cc1C. The van der Waals surface area contributed by atoms with Gasteiger partial charge in [0, 0.05) is 0 Å². The van der Waals surface area contributed by atoms with Crippen LogP contribution in [-0.2, 0) is 0 Å². The average molecular weight is 167 g/mol. The zero-order valence-corrected chi connectivity index (χ0v) is 7.02. The monoisotopic (exact) mass is 167 g/mol. The summed E-state index contributed by atoms with van der Waals surface area (Å²) < 4.78 is 13.0. The molecule has 1 aromatic carbocycles. The predicted molar refractivity (Wildman–Crippen MR) is 44.4 cm³/mol. The minimum atomic E-state index is -0.726. The van der Waals surface area contributed by atoms with Gasteiger partial charge in [0.25, 0.3) is 5.91 Å². The van der Waals surface area contributed by atoms with Gasteiger partial charge >= 0.3 is 0 Å². The molecule has 0 saturated carbocycles. The van der Waals surface area contributed by atoms with Crippen molar-refractivity contribution in [2.45, 2.75) is 13.8 Å². The smallest absolute Gasteiger partial charge is 0.251 e. The number of rotatable bonds is 1. The Bertz CT molecular complexity index is 334. The third kappa shape index (κ3) is 1.44. The van der Waals surface area contributed by atoms with E-state index in [1.54, 1.807) is 13.8 Å². The number of carbonyl (C=O) groups excluding carboxylic acids is 1. The standard InChI is InChI=1S/C9H10FNO/c1-5-3-7(9(11)12)8(10)4-6(5)2/h3-4H,1-2H3,(H2,11,12). The van der Waals surface area contributed by atoms with E-state index in [1.807, 2.05) is 0 Å². The summed E-state index contributed by atoms with van der Waals surface area (Å²) in [6.45, 7) is 3.59. The number of hydrogen-bond donors (Lipinski definition) is 1. The van der Waals surface area contributed by atoms with E-state index in [-0.39, 0.29) is 5.56 Å². The summed E-state index contributed by atoms with van der Waals surface area (Å²) in [5.41, 5.74) is 6.59. The van der Waals surface area contributed by atoms with Gasteiger partial charge in [-0.25, -0.2) is 4.39 Å². The molecular formula is C9H10FNO. The molecule has 0 unspecified atom stereocenters. The molecule has 2 N–H and O–H groups in total. The van der Waals surface area contributed by atoms with Crippen molar-refractivity contribution in [1.29, 1.82) is 0 Å². The molecule has 0 radical (unpaired) electrons. The van der Waals surface area contributed by atoms with Crippen LogP contribution in [0, 0.1) is 19.7 Å².